The summed E-state index contributed by atoms with van der Waals surface area (Å²) in [5.74, 6) is 0.0828. The molecule has 0 saturated carbocycles. The third-order valence-electron chi connectivity index (χ3n) is 3.72. The van der Waals surface area contributed by atoms with Gasteiger partial charge in [-0.15, -0.1) is 0 Å². The van der Waals surface area contributed by atoms with Crippen molar-refractivity contribution < 1.29 is 14.4 Å². The molecule has 0 aliphatic carbocycles. The first-order valence-electron chi connectivity index (χ1n) is 6.96. The summed E-state index contributed by atoms with van der Waals surface area (Å²) in [4.78, 5) is 17.4. The van der Waals surface area contributed by atoms with E-state index in [0.717, 1.165) is 17.7 Å². The van der Waals surface area contributed by atoms with Crippen LogP contribution >= 0.6 is 0 Å². The van der Waals surface area contributed by atoms with Crippen molar-refractivity contribution >= 4 is 5.97 Å². The van der Waals surface area contributed by atoms with E-state index in [-0.39, 0.29) is 5.92 Å². The van der Waals surface area contributed by atoms with Gasteiger partial charge in [0, 0.05) is 12.1 Å². The van der Waals surface area contributed by atoms with Crippen molar-refractivity contribution in [1.82, 2.24) is 15.0 Å². The van der Waals surface area contributed by atoms with Gasteiger partial charge in [-0.3, -0.25) is 9.69 Å². The minimum atomic E-state index is -0.730. The Labute approximate surface area is 122 Å². The van der Waals surface area contributed by atoms with Gasteiger partial charge in [0.25, 0.3) is 5.89 Å². The van der Waals surface area contributed by atoms with Crippen molar-refractivity contribution in [3.63, 3.8) is 0 Å². The van der Waals surface area contributed by atoms with Crippen LogP contribution in [0.3, 0.4) is 0 Å². The monoisotopic (exact) mass is 287 g/mol. The number of likely N-dealkylation sites (tertiary alicyclic amines) is 1. The van der Waals surface area contributed by atoms with Crippen LogP contribution in [0.25, 0.3) is 11.5 Å². The Balaban J connectivity index is 1.67. The van der Waals surface area contributed by atoms with E-state index in [1.807, 2.05) is 36.1 Å². The van der Waals surface area contributed by atoms with E-state index in [0.29, 0.717) is 31.2 Å². The number of carboxylic acids is 1. The topological polar surface area (TPSA) is 79.5 Å². The van der Waals surface area contributed by atoms with Gasteiger partial charge < -0.3 is 9.63 Å². The maximum atomic E-state index is 10.9. The van der Waals surface area contributed by atoms with Gasteiger partial charge in [0.1, 0.15) is 0 Å². The average molecular weight is 287 g/mol. The minimum Gasteiger partial charge on any atom is -0.481 e. The van der Waals surface area contributed by atoms with Crippen molar-refractivity contribution in [3.05, 3.63) is 35.7 Å². The third kappa shape index (κ3) is 3.11. The van der Waals surface area contributed by atoms with Crippen molar-refractivity contribution in [2.24, 2.45) is 5.92 Å². The molecule has 0 radical (unpaired) electrons. The Kier molecular flexibility index (Phi) is 3.70. The van der Waals surface area contributed by atoms with Crippen LogP contribution in [0.2, 0.25) is 0 Å². The molecule has 1 saturated heterocycles. The highest BCUT2D eigenvalue weighted by molar-refractivity contribution is 5.70. The molecule has 1 fully saturated rings. The fraction of sp³-hybridized carbons (Fsp3) is 0.400. The predicted octanol–water partition coefficient (Wildman–Crippen LogP) is 1.95. The zero-order valence-corrected chi connectivity index (χ0v) is 11.8. The van der Waals surface area contributed by atoms with Gasteiger partial charge in [0.15, 0.2) is 5.82 Å². The molecule has 6 heteroatoms. The molecule has 1 aromatic heterocycles. The van der Waals surface area contributed by atoms with Crippen LogP contribution in [0.1, 0.15) is 17.8 Å². The lowest BCUT2D eigenvalue weighted by molar-refractivity contribution is -0.141. The molecule has 1 aromatic carbocycles. The Hall–Kier alpha value is -2.21. The first kappa shape index (κ1) is 13.8. The van der Waals surface area contributed by atoms with E-state index in [4.69, 9.17) is 9.63 Å². The molecule has 0 spiro atoms. The van der Waals surface area contributed by atoms with Crippen LogP contribution in [0.4, 0.5) is 0 Å². The van der Waals surface area contributed by atoms with Crippen molar-refractivity contribution in [2.45, 2.75) is 19.9 Å². The van der Waals surface area contributed by atoms with Crippen LogP contribution in [0, 0.1) is 12.8 Å². The van der Waals surface area contributed by atoms with Gasteiger partial charge in [0.2, 0.25) is 0 Å². The highest BCUT2D eigenvalue weighted by atomic mass is 16.5. The van der Waals surface area contributed by atoms with E-state index in [9.17, 15) is 4.79 Å². The lowest BCUT2D eigenvalue weighted by Gasteiger charge is -2.11. The number of aryl methyl sites for hydroxylation is 1. The second-order valence-electron chi connectivity index (χ2n) is 5.44. The normalized spacial score (nSPS) is 19.0. The molecule has 1 aliphatic rings. The fourth-order valence-electron chi connectivity index (χ4n) is 2.59. The SMILES string of the molecule is Cc1cccc(-c2nc(CN3CCC(C(=O)O)C3)no2)c1. The molecule has 0 amide bonds. The average Bonchev–Trinajstić information content (AvgIpc) is 3.08. The maximum absolute atomic E-state index is 10.9. The quantitative estimate of drug-likeness (QED) is 0.926. The standard InChI is InChI=1S/C15H17N3O3/c1-10-3-2-4-11(7-10)14-16-13(17-21-14)9-18-6-5-12(8-18)15(19)20/h2-4,7,12H,5-6,8-9H2,1H3,(H,19,20). The van der Waals surface area contributed by atoms with Crippen LogP contribution in [0.5, 0.6) is 0 Å². The molecule has 1 unspecified atom stereocenters. The number of aromatic nitrogens is 2. The number of carbonyl (C=O) groups is 1. The number of nitrogens with zero attached hydrogens (tertiary/aromatic N) is 3. The Bertz CT molecular complexity index is 653. The van der Waals surface area contributed by atoms with Crippen LogP contribution in [-0.2, 0) is 11.3 Å². The molecule has 1 aliphatic heterocycles. The van der Waals surface area contributed by atoms with Gasteiger partial charge in [0.05, 0.1) is 12.5 Å². The Morgan fingerprint density at radius 3 is 3.10 bits per heavy atom. The summed E-state index contributed by atoms with van der Waals surface area (Å²) in [6.45, 7) is 3.84. The summed E-state index contributed by atoms with van der Waals surface area (Å²) in [6, 6.07) is 7.89. The zero-order chi connectivity index (χ0) is 14.8. The largest absolute Gasteiger partial charge is 0.481 e. The lowest BCUT2D eigenvalue weighted by atomic mass is 10.1. The summed E-state index contributed by atoms with van der Waals surface area (Å²) in [5.41, 5.74) is 2.04. The van der Waals surface area contributed by atoms with E-state index < -0.39 is 5.97 Å². The number of benzene rings is 1. The van der Waals surface area contributed by atoms with Gasteiger partial charge in [-0.25, -0.2) is 0 Å². The maximum Gasteiger partial charge on any atom is 0.307 e. The van der Waals surface area contributed by atoms with E-state index in [1.54, 1.807) is 0 Å². The number of aliphatic carboxylic acids is 1. The van der Waals surface area contributed by atoms with E-state index >= 15 is 0 Å². The molecular weight excluding hydrogens is 270 g/mol. The molecule has 21 heavy (non-hydrogen) atoms. The predicted molar refractivity (Wildman–Crippen MR) is 75.5 cm³/mol. The molecule has 2 heterocycles. The van der Waals surface area contributed by atoms with Crippen molar-refractivity contribution in [3.8, 4) is 11.5 Å². The van der Waals surface area contributed by atoms with Crippen molar-refractivity contribution in [2.75, 3.05) is 13.1 Å². The highest BCUT2D eigenvalue weighted by Gasteiger charge is 2.28. The van der Waals surface area contributed by atoms with E-state index in [1.165, 1.54) is 0 Å². The molecule has 3 rings (SSSR count). The molecule has 2 aromatic rings. The first-order chi connectivity index (χ1) is 10.1. The number of hydrogen-bond donors (Lipinski definition) is 1. The van der Waals surface area contributed by atoms with Gasteiger partial charge in [-0.1, -0.05) is 22.9 Å². The molecule has 1 atom stereocenters. The minimum absolute atomic E-state index is 0.284. The number of rotatable bonds is 4. The summed E-state index contributed by atoms with van der Waals surface area (Å²) >= 11 is 0. The van der Waals surface area contributed by atoms with Crippen LogP contribution in [-0.4, -0.2) is 39.2 Å². The second-order valence-corrected chi connectivity index (χ2v) is 5.44. The zero-order valence-electron chi connectivity index (χ0n) is 11.8. The van der Waals surface area contributed by atoms with Crippen molar-refractivity contribution in [1.29, 1.82) is 0 Å². The molecule has 6 nitrogen and oxygen atoms in total. The second kappa shape index (κ2) is 5.65. The van der Waals surface area contributed by atoms with E-state index in [2.05, 4.69) is 10.1 Å². The van der Waals surface area contributed by atoms with Crippen LogP contribution < -0.4 is 0 Å². The summed E-state index contributed by atoms with van der Waals surface area (Å²) < 4.78 is 5.29. The summed E-state index contributed by atoms with van der Waals surface area (Å²) in [6.07, 6.45) is 0.678. The lowest BCUT2D eigenvalue weighted by Crippen LogP contribution is -2.23. The molecule has 0 bridgehead atoms. The number of carboxylic acid groups (broad SMARTS) is 1. The smallest absolute Gasteiger partial charge is 0.307 e. The fourth-order valence-corrected chi connectivity index (χ4v) is 2.59. The van der Waals surface area contributed by atoms with Crippen LogP contribution in [0.15, 0.2) is 28.8 Å². The molecular formula is C15H17N3O3. The molecule has 1 N–H and O–H groups in total. The van der Waals surface area contributed by atoms with Gasteiger partial charge >= 0.3 is 5.97 Å². The summed E-state index contributed by atoms with van der Waals surface area (Å²) in [7, 11) is 0. The first-order valence-corrected chi connectivity index (χ1v) is 6.96. The third-order valence-corrected chi connectivity index (χ3v) is 3.72. The van der Waals surface area contributed by atoms with Gasteiger partial charge in [-0.05, 0) is 32.0 Å². The van der Waals surface area contributed by atoms with Gasteiger partial charge in [-0.2, -0.15) is 4.98 Å². The Morgan fingerprint density at radius 2 is 2.38 bits per heavy atom. The Morgan fingerprint density at radius 1 is 1.52 bits per heavy atom. The number of hydrogen-bond acceptors (Lipinski definition) is 5. The summed E-state index contributed by atoms with van der Waals surface area (Å²) in [5, 5.41) is 13.0. The highest BCUT2D eigenvalue weighted by Crippen LogP contribution is 2.21. The molecule has 110 valence electrons.